The van der Waals surface area contributed by atoms with Crippen molar-refractivity contribution in [3.8, 4) is 0 Å². The third-order valence-corrected chi connectivity index (χ3v) is 4.21. The van der Waals surface area contributed by atoms with Crippen molar-refractivity contribution in [3.05, 3.63) is 0 Å². The van der Waals surface area contributed by atoms with Gasteiger partial charge in [-0.3, -0.25) is 4.79 Å². The lowest BCUT2D eigenvalue weighted by Gasteiger charge is -2.34. The first-order valence-electron chi connectivity index (χ1n) is 6.82. The molecule has 4 unspecified atom stereocenters. The number of nitrogens with one attached hydrogen (secondary N) is 1. The van der Waals surface area contributed by atoms with Crippen LogP contribution in [0.15, 0.2) is 0 Å². The highest BCUT2D eigenvalue weighted by Gasteiger charge is 2.33. The van der Waals surface area contributed by atoms with Gasteiger partial charge >= 0.3 is 0 Å². The van der Waals surface area contributed by atoms with Crippen molar-refractivity contribution in [1.82, 2.24) is 5.32 Å². The van der Waals surface area contributed by atoms with Crippen molar-refractivity contribution in [2.24, 2.45) is 17.6 Å². The van der Waals surface area contributed by atoms with Crippen LogP contribution in [0, 0.1) is 11.8 Å². The normalized spacial score (nSPS) is 38.7. The van der Waals surface area contributed by atoms with Gasteiger partial charge in [-0.2, -0.15) is 0 Å². The van der Waals surface area contributed by atoms with Crippen LogP contribution in [-0.2, 0) is 9.53 Å². The second-order valence-corrected chi connectivity index (χ2v) is 5.48. The summed E-state index contributed by atoms with van der Waals surface area (Å²) in [7, 11) is 0. The molecule has 2 aliphatic rings. The van der Waals surface area contributed by atoms with E-state index >= 15 is 0 Å². The van der Waals surface area contributed by atoms with E-state index in [-0.39, 0.29) is 23.9 Å². The molecule has 98 valence electrons. The fourth-order valence-corrected chi connectivity index (χ4v) is 2.93. The lowest BCUT2D eigenvalue weighted by atomic mass is 9.76. The number of carbonyl (C=O) groups excluding carboxylic acids is 1. The van der Waals surface area contributed by atoms with Gasteiger partial charge in [-0.1, -0.05) is 13.3 Å². The average Bonchev–Trinajstić information content (AvgIpc) is 2.34. The molecule has 0 aromatic heterocycles. The zero-order valence-corrected chi connectivity index (χ0v) is 10.7. The van der Waals surface area contributed by atoms with Crippen LogP contribution >= 0.6 is 0 Å². The molecule has 1 saturated heterocycles. The Kier molecular flexibility index (Phi) is 4.40. The summed E-state index contributed by atoms with van der Waals surface area (Å²) in [6.07, 6.45) is 5.19. The smallest absolute Gasteiger partial charge is 0.223 e. The first-order valence-corrected chi connectivity index (χ1v) is 6.82. The molecule has 17 heavy (non-hydrogen) atoms. The lowest BCUT2D eigenvalue weighted by molar-refractivity contribution is -0.129. The van der Waals surface area contributed by atoms with Crippen LogP contribution in [0.1, 0.15) is 39.0 Å². The van der Waals surface area contributed by atoms with E-state index in [1.54, 1.807) is 0 Å². The highest BCUT2D eigenvalue weighted by molar-refractivity contribution is 5.79. The standard InChI is InChI=1S/C13H24N2O2/c1-9-11(5-2-6-12(9)14)13(16)15-10-4-3-7-17-8-10/h9-12H,2-8,14H2,1H3,(H,15,16). The van der Waals surface area contributed by atoms with Crippen LogP contribution in [0.4, 0.5) is 0 Å². The van der Waals surface area contributed by atoms with Crippen molar-refractivity contribution in [2.45, 2.75) is 51.1 Å². The Morgan fingerprint density at radius 2 is 2.12 bits per heavy atom. The van der Waals surface area contributed by atoms with Crippen molar-refractivity contribution in [1.29, 1.82) is 0 Å². The molecule has 1 amide bonds. The number of amides is 1. The Bertz CT molecular complexity index is 264. The summed E-state index contributed by atoms with van der Waals surface area (Å²) in [5, 5.41) is 3.12. The maximum atomic E-state index is 12.2. The van der Waals surface area contributed by atoms with Gasteiger partial charge in [0.05, 0.1) is 12.6 Å². The molecule has 1 heterocycles. The summed E-state index contributed by atoms with van der Waals surface area (Å²) in [5.74, 6) is 0.581. The third-order valence-electron chi connectivity index (χ3n) is 4.21. The van der Waals surface area contributed by atoms with Crippen molar-refractivity contribution >= 4 is 5.91 Å². The number of nitrogens with two attached hydrogens (primary N) is 1. The molecule has 0 spiro atoms. The number of rotatable bonds is 2. The molecule has 3 N–H and O–H groups in total. The first-order chi connectivity index (χ1) is 8.18. The summed E-state index contributed by atoms with van der Waals surface area (Å²) < 4.78 is 5.38. The summed E-state index contributed by atoms with van der Waals surface area (Å²) in [4.78, 5) is 12.2. The highest BCUT2D eigenvalue weighted by Crippen LogP contribution is 2.29. The SMILES string of the molecule is CC1C(N)CCCC1C(=O)NC1CCCOC1. The number of carbonyl (C=O) groups is 1. The van der Waals surface area contributed by atoms with Gasteiger partial charge in [0, 0.05) is 18.6 Å². The molecule has 2 rings (SSSR count). The zero-order valence-electron chi connectivity index (χ0n) is 10.7. The molecular formula is C13H24N2O2. The Labute approximate surface area is 103 Å². The van der Waals surface area contributed by atoms with Crippen LogP contribution in [0.2, 0.25) is 0 Å². The molecule has 4 atom stereocenters. The van der Waals surface area contributed by atoms with Gasteiger partial charge in [0.25, 0.3) is 0 Å². The largest absolute Gasteiger partial charge is 0.379 e. The molecule has 0 aromatic rings. The van der Waals surface area contributed by atoms with Crippen molar-refractivity contribution < 1.29 is 9.53 Å². The summed E-state index contributed by atoms with van der Waals surface area (Å²) >= 11 is 0. The summed E-state index contributed by atoms with van der Waals surface area (Å²) in [6, 6.07) is 0.392. The van der Waals surface area contributed by atoms with E-state index < -0.39 is 0 Å². The lowest BCUT2D eigenvalue weighted by Crippen LogP contribution is -2.48. The summed E-state index contributed by atoms with van der Waals surface area (Å²) in [6.45, 7) is 3.60. The van der Waals surface area contributed by atoms with E-state index in [0.29, 0.717) is 12.5 Å². The zero-order chi connectivity index (χ0) is 12.3. The number of hydrogen-bond donors (Lipinski definition) is 2. The van der Waals surface area contributed by atoms with Gasteiger partial charge in [-0.25, -0.2) is 0 Å². The van der Waals surface area contributed by atoms with Crippen LogP contribution in [0.5, 0.6) is 0 Å². The molecule has 0 bridgehead atoms. The monoisotopic (exact) mass is 240 g/mol. The highest BCUT2D eigenvalue weighted by atomic mass is 16.5. The van der Waals surface area contributed by atoms with Gasteiger partial charge in [0.1, 0.15) is 0 Å². The predicted octanol–water partition coefficient (Wildman–Crippen LogP) is 1.05. The molecule has 1 aliphatic heterocycles. The molecule has 0 radical (unpaired) electrons. The minimum Gasteiger partial charge on any atom is -0.379 e. The topological polar surface area (TPSA) is 64.4 Å². The second kappa shape index (κ2) is 5.83. The maximum Gasteiger partial charge on any atom is 0.223 e. The predicted molar refractivity (Wildman–Crippen MR) is 66.5 cm³/mol. The van der Waals surface area contributed by atoms with Crippen molar-refractivity contribution in [3.63, 3.8) is 0 Å². The second-order valence-electron chi connectivity index (χ2n) is 5.48. The van der Waals surface area contributed by atoms with Crippen molar-refractivity contribution in [2.75, 3.05) is 13.2 Å². The maximum absolute atomic E-state index is 12.2. The first kappa shape index (κ1) is 12.8. The third kappa shape index (κ3) is 3.19. The van der Waals surface area contributed by atoms with E-state index in [4.69, 9.17) is 10.5 Å². The number of ether oxygens (including phenoxy) is 1. The average molecular weight is 240 g/mol. The van der Waals surface area contributed by atoms with E-state index in [9.17, 15) is 4.79 Å². The molecular weight excluding hydrogens is 216 g/mol. The van der Waals surface area contributed by atoms with Crippen LogP contribution in [-0.4, -0.2) is 31.2 Å². The minimum atomic E-state index is 0.0978. The molecule has 4 heteroatoms. The van der Waals surface area contributed by atoms with E-state index in [0.717, 1.165) is 38.7 Å². The van der Waals surface area contributed by atoms with Gasteiger partial charge in [-0.05, 0) is 31.6 Å². The Morgan fingerprint density at radius 3 is 2.82 bits per heavy atom. The quantitative estimate of drug-likeness (QED) is 0.758. The number of hydrogen-bond acceptors (Lipinski definition) is 3. The van der Waals surface area contributed by atoms with Crippen LogP contribution in [0.3, 0.4) is 0 Å². The van der Waals surface area contributed by atoms with Gasteiger partial charge in [0.2, 0.25) is 5.91 Å². The molecule has 1 saturated carbocycles. The molecule has 4 nitrogen and oxygen atoms in total. The Balaban J connectivity index is 1.85. The van der Waals surface area contributed by atoms with Gasteiger partial charge in [0.15, 0.2) is 0 Å². The Hall–Kier alpha value is -0.610. The Morgan fingerprint density at radius 1 is 1.29 bits per heavy atom. The van der Waals surface area contributed by atoms with E-state index in [1.165, 1.54) is 0 Å². The minimum absolute atomic E-state index is 0.0978. The van der Waals surface area contributed by atoms with Crippen LogP contribution < -0.4 is 11.1 Å². The fourth-order valence-electron chi connectivity index (χ4n) is 2.93. The van der Waals surface area contributed by atoms with Gasteiger partial charge in [-0.15, -0.1) is 0 Å². The molecule has 0 aromatic carbocycles. The van der Waals surface area contributed by atoms with E-state index in [2.05, 4.69) is 12.2 Å². The van der Waals surface area contributed by atoms with Crippen LogP contribution in [0.25, 0.3) is 0 Å². The fraction of sp³-hybridized carbons (Fsp3) is 0.923. The summed E-state index contributed by atoms with van der Waals surface area (Å²) in [5.41, 5.74) is 6.03. The van der Waals surface area contributed by atoms with E-state index in [1.807, 2.05) is 0 Å². The van der Waals surface area contributed by atoms with Gasteiger partial charge < -0.3 is 15.8 Å². The molecule has 2 fully saturated rings. The molecule has 1 aliphatic carbocycles.